The summed E-state index contributed by atoms with van der Waals surface area (Å²) in [7, 11) is -2.29. The Labute approximate surface area is 163 Å². The number of nitrogens with zero attached hydrogens (tertiary/aromatic N) is 3. The number of benzene rings is 2. The molecule has 0 fully saturated rings. The molecule has 3 aromatic rings. The first-order valence-corrected chi connectivity index (χ1v) is 10.1. The van der Waals surface area contributed by atoms with Crippen molar-refractivity contribution in [3.63, 3.8) is 0 Å². The number of amides is 1. The lowest BCUT2D eigenvalue weighted by Crippen LogP contribution is -2.28. The fourth-order valence-corrected chi connectivity index (χ4v) is 3.50. The number of hydrogen-bond donors (Lipinski definition) is 2. The van der Waals surface area contributed by atoms with Crippen molar-refractivity contribution in [1.29, 1.82) is 0 Å². The highest BCUT2D eigenvalue weighted by atomic mass is 32.2. The van der Waals surface area contributed by atoms with Crippen LogP contribution in [0.1, 0.15) is 34.5 Å². The molecule has 146 valence electrons. The minimum Gasteiger partial charge on any atom is -0.346 e. The minimum atomic E-state index is -3.62. The third kappa shape index (κ3) is 4.10. The van der Waals surface area contributed by atoms with E-state index >= 15 is 0 Å². The Morgan fingerprint density at radius 1 is 1.14 bits per heavy atom. The van der Waals surface area contributed by atoms with Crippen molar-refractivity contribution < 1.29 is 13.2 Å². The van der Waals surface area contributed by atoms with Crippen molar-refractivity contribution in [2.45, 2.75) is 24.8 Å². The summed E-state index contributed by atoms with van der Waals surface area (Å²) >= 11 is 0. The summed E-state index contributed by atoms with van der Waals surface area (Å²) in [6.45, 7) is 3.63. The number of carbonyl (C=O) groups is 1. The third-order valence-corrected chi connectivity index (χ3v) is 5.87. The Morgan fingerprint density at radius 2 is 1.86 bits per heavy atom. The van der Waals surface area contributed by atoms with E-state index in [9.17, 15) is 13.2 Å². The number of hydrogen-bond acceptors (Lipinski definition) is 5. The molecule has 3 rings (SSSR count). The van der Waals surface area contributed by atoms with Crippen LogP contribution in [0.15, 0.2) is 60.0 Å². The largest absolute Gasteiger partial charge is 0.346 e. The summed E-state index contributed by atoms with van der Waals surface area (Å²) in [5, 5.41) is 6.99. The average Bonchev–Trinajstić information content (AvgIpc) is 3.23. The summed E-state index contributed by atoms with van der Waals surface area (Å²) in [6, 6.07) is 11.8. The van der Waals surface area contributed by atoms with Gasteiger partial charge in [0.25, 0.3) is 5.91 Å². The highest BCUT2D eigenvalue weighted by Crippen LogP contribution is 2.19. The Kier molecular flexibility index (Phi) is 5.57. The highest BCUT2D eigenvalue weighted by molar-refractivity contribution is 7.89. The molecule has 1 aromatic heterocycles. The molecule has 0 aliphatic carbocycles. The van der Waals surface area contributed by atoms with Crippen LogP contribution in [0.4, 0.5) is 0 Å². The molecule has 0 aliphatic heterocycles. The topological polar surface area (TPSA) is 106 Å². The zero-order valence-corrected chi connectivity index (χ0v) is 16.6. The van der Waals surface area contributed by atoms with Gasteiger partial charge in [-0.15, -0.1) is 0 Å². The van der Waals surface area contributed by atoms with Gasteiger partial charge in [0.2, 0.25) is 10.0 Å². The van der Waals surface area contributed by atoms with Crippen LogP contribution < -0.4 is 10.0 Å². The van der Waals surface area contributed by atoms with Crippen LogP contribution >= 0.6 is 0 Å². The Bertz CT molecular complexity index is 1080. The summed E-state index contributed by atoms with van der Waals surface area (Å²) in [4.78, 5) is 16.7. The Morgan fingerprint density at radius 3 is 2.46 bits per heavy atom. The molecule has 0 aliphatic rings. The maximum atomic E-state index is 12.7. The van der Waals surface area contributed by atoms with Gasteiger partial charge in [-0.25, -0.2) is 22.8 Å². The molecular formula is C19H21N5O3S. The van der Waals surface area contributed by atoms with E-state index in [0.717, 1.165) is 11.3 Å². The summed E-state index contributed by atoms with van der Waals surface area (Å²) < 4.78 is 27.9. The van der Waals surface area contributed by atoms with Gasteiger partial charge in [-0.1, -0.05) is 18.2 Å². The molecular weight excluding hydrogens is 378 g/mol. The molecule has 0 bridgehead atoms. The Balaban J connectivity index is 1.78. The quantitative estimate of drug-likeness (QED) is 0.659. The molecule has 0 spiro atoms. The minimum absolute atomic E-state index is 0.0515. The molecule has 8 nitrogen and oxygen atoms in total. The van der Waals surface area contributed by atoms with E-state index in [1.165, 1.54) is 25.5 Å². The number of nitrogens with one attached hydrogen (secondary N) is 2. The smallest absolute Gasteiger partial charge is 0.252 e. The molecule has 2 N–H and O–H groups in total. The molecule has 2 aromatic carbocycles. The zero-order valence-electron chi connectivity index (χ0n) is 15.7. The molecule has 28 heavy (non-hydrogen) atoms. The van der Waals surface area contributed by atoms with Gasteiger partial charge in [-0.2, -0.15) is 5.10 Å². The van der Waals surface area contributed by atoms with Gasteiger partial charge >= 0.3 is 0 Å². The van der Waals surface area contributed by atoms with Crippen LogP contribution in [0.3, 0.4) is 0 Å². The lowest BCUT2D eigenvalue weighted by Gasteiger charge is -2.16. The SMILES string of the molecule is CNS(=O)(=O)c1ccc(C)c(C(=O)NC(C)c2ccc(-n3cncn3)cc2)c1. The number of aryl methyl sites for hydroxylation is 1. The first-order chi connectivity index (χ1) is 13.3. The van der Waals surface area contributed by atoms with E-state index in [4.69, 9.17) is 0 Å². The van der Waals surface area contributed by atoms with Gasteiger partial charge < -0.3 is 5.32 Å². The predicted molar refractivity (Wildman–Crippen MR) is 105 cm³/mol. The van der Waals surface area contributed by atoms with Crippen molar-refractivity contribution in [3.05, 3.63) is 71.8 Å². The summed E-state index contributed by atoms with van der Waals surface area (Å²) in [6.07, 6.45) is 3.07. The maximum Gasteiger partial charge on any atom is 0.252 e. The van der Waals surface area contributed by atoms with Crippen LogP contribution in [0, 0.1) is 6.92 Å². The van der Waals surface area contributed by atoms with E-state index in [1.807, 2.05) is 31.2 Å². The van der Waals surface area contributed by atoms with Crippen LogP contribution in [-0.2, 0) is 10.0 Å². The van der Waals surface area contributed by atoms with Crippen LogP contribution in [-0.4, -0.2) is 36.1 Å². The van der Waals surface area contributed by atoms with Crippen LogP contribution in [0.25, 0.3) is 5.69 Å². The van der Waals surface area contributed by atoms with Crippen molar-refractivity contribution in [3.8, 4) is 5.69 Å². The molecule has 0 saturated heterocycles. The van der Waals surface area contributed by atoms with Crippen molar-refractivity contribution in [1.82, 2.24) is 24.8 Å². The molecule has 9 heteroatoms. The van der Waals surface area contributed by atoms with Gasteiger partial charge in [0, 0.05) is 5.56 Å². The average molecular weight is 399 g/mol. The number of rotatable bonds is 6. The fourth-order valence-electron chi connectivity index (χ4n) is 2.75. The zero-order chi connectivity index (χ0) is 20.3. The standard InChI is InChI=1S/C19H21N5O3S/c1-13-4-9-17(28(26,27)20-3)10-18(13)19(25)23-14(2)15-5-7-16(8-6-15)24-12-21-11-22-24/h4-12,14,20H,1-3H3,(H,23,25). The second-order valence-electron chi connectivity index (χ2n) is 6.31. The van der Waals surface area contributed by atoms with Gasteiger partial charge in [-0.05, 0) is 56.3 Å². The number of carbonyl (C=O) groups excluding carboxylic acids is 1. The molecule has 1 amide bonds. The van der Waals surface area contributed by atoms with Gasteiger partial charge in [0.1, 0.15) is 12.7 Å². The number of aromatic nitrogens is 3. The van der Waals surface area contributed by atoms with E-state index in [0.29, 0.717) is 11.1 Å². The van der Waals surface area contributed by atoms with Gasteiger partial charge in [0.15, 0.2) is 0 Å². The van der Waals surface area contributed by atoms with Crippen LogP contribution in [0.5, 0.6) is 0 Å². The predicted octanol–water partition coefficient (Wildman–Crippen LogP) is 1.97. The van der Waals surface area contributed by atoms with Crippen molar-refractivity contribution in [2.24, 2.45) is 0 Å². The molecule has 1 heterocycles. The lowest BCUT2D eigenvalue weighted by atomic mass is 10.1. The van der Waals surface area contributed by atoms with Crippen molar-refractivity contribution in [2.75, 3.05) is 7.05 Å². The summed E-state index contributed by atoms with van der Waals surface area (Å²) in [5.41, 5.74) is 2.79. The van der Waals surface area contributed by atoms with E-state index in [1.54, 1.807) is 24.0 Å². The van der Waals surface area contributed by atoms with Crippen molar-refractivity contribution >= 4 is 15.9 Å². The van der Waals surface area contributed by atoms with E-state index < -0.39 is 10.0 Å². The van der Waals surface area contributed by atoms with Gasteiger partial charge in [0.05, 0.1) is 16.6 Å². The van der Waals surface area contributed by atoms with Gasteiger partial charge in [-0.3, -0.25) is 4.79 Å². The second kappa shape index (κ2) is 7.91. The van der Waals surface area contributed by atoms with E-state index in [-0.39, 0.29) is 16.8 Å². The van der Waals surface area contributed by atoms with E-state index in [2.05, 4.69) is 20.1 Å². The molecule has 0 saturated carbocycles. The molecule has 0 radical (unpaired) electrons. The molecule has 1 unspecified atom stereocenters. The first-order valence-electron chi connectivity index (χ1n) is 8.62. The highest BCUT2D eigenvalue weighted by Gasteiger charge is 2.18. The maximum absolute atomic E-state index is 12.7. The lowest BCUT2D eigenvalue weighted by molar-refractivity contribution is 0.0939. The monoisotopic (exact) mass is 399 g/mol. The van der Waals surface area contributed by atoms with Crippen LogP contribution in [0.2, 0.25) is 0 Å². The Hall–Kier alpha value is -3.04. The molecule has 1 atom stereocenters. The third-order valence-electron chi connectivity index (χ3n) is 4.46. The normalized spacial score (nSPS) is 12.5. The number of sulfonamides is 1. The summed E-state index contributed by atoms with van der Waals surface area (Å²) in [5.74, 6) is -0.335. The second-order valence-corrected chi connectivity index (χ2v) is 8.20. The fraction of sp³-hybridized carbons (Fsp3) is 0.211. The first kappa shape index (κ1) is 19.7.